The zero-order valence-electron chi connectivity index (χ0n) is 16.6. The second kappa shape index (κ2) is 9.89. The Morgan fingerprint density at radius 3 is 2.37 bits per heavy atom. The molecule has 0 aliphatic heterocycles. The predicted molar refractivity (Wildman–Crippen MR) is 120 cm³/mol. The number of sulfone groups is 1. The van der Waals surface area contributed by atoms with Gasteiger partial charge in [0.15, 0.2) is 9.84 Å². The highest BCUT2D eigenvalue weighted by atomic mass is 32.2. The van der Waals surface area contributed by atoms with Crippen molar-refractivity contribution < 1.29 is 17.9 Å². The molecule has 0 aliphatic rings. The molecule has 0 aliphatic carbocycles. The second-order valence-corrected chi connectivity index (χ2v) is 8.88. The van der Waals surface area contributed by atoms with Crippen molar-refractivity contribution in [3.63, 3.8) is 0 Å². The number of anilines is 1. The first-order valence-corrected chi connectivity index (χ1v) is 11.2. The summed E-state index contributed by atoms with van der Waals surface area (Å²) in [7, 11) is -1.74. The van der Waals surface area contributed by atoms with E-state index >= 15 is 0 Å². The van der Waals surface area contributed by atoms with Crippen molar-refractivity contribution in [1.29, 1.82) is 0 Å². The number of amides is 1. The summed E-state index contributed by atoms with van der Waals surface area (Å²) >= 11 is 0. The maximum absolute atomic E-state index is 12.5. The van der Waals surface area contributed by atoms with Gasteiger partial charge in [-0.05, 0) is 47.0 Å². The van der Waals surface area contributed by atoms with Crippen LogP contribution in [0.15, 0.2) is 84.9 Å². The van der Waals surface area contributed by atoms with E-state index in [9.17, 15) is 13.2 Å². The highest BCUT2D eigenvalue weighted by molar-refractivity contribution is 7.89. The molecule has 0 unspecified atom stereocenters. The van der Waals surface area contributed by atoms with E-state index in [0.29, 0.717) is 17.0 Å². The third-order valence-corrected chi connectivity index (χ3v) is 5.88. The van der Waals surface area contributed by atoms with Gasteiger partial charge in [0.1, 0.15) is 5.75 Å². The Balaban J connectivity index is 1.63. The molecule has 154 valence electrons. The summed E-state index contributed by atoms with van der Waals surface area (Å²) in [5.74, 6) is 0.294. The highest BCUT2D eigenvalue weighted by Crippen LogP contribution is 2.17. The molecule has 0 atom stereocenters. The summed E-state index contributed by atoms with van der Waals surface area (Å²) < 4.78 is 30.2. The van der Waals surface area contributed by atoms with Crippen LogP contribution in [0.25, 0.3) is 6.08 Å². The van der Waals surface area contributed by atoms with Crippen LogP contribution in [0.4, 0.5) is 5.69 Å². The molecule has 0 bridgehead atoms. The van der Waals surface area contributed by atoms with Crippen LogP contribution in [-0.2, 0) is 26.1 Å². The topological polar surface area (TPSA) is 72.5 Å². The summed E-state index contributed by atoms with van der Waals surface area (Å²) in [5.41, 5.74) is 2.76. The van der Waals surface area contributed by atoms with Gasteiger partial charge in [-0.3, -0.25) is 4.79 Å². The third kappa shape index (κ3) is 6.60. The van der Waals surface area contributed by atoms with Crippen molar-refractivity contribution in [3.8, 4) is 5.75 Å². The number of carbonyl (C=O) groups excluding carboxylic acids is 1. The number of hydrogen-bond donors (Lipinski definition) is 1. The van der Waals surface area contributed by atoms with Gasteiger partial charge in [0.2, 0.25) is 5.91 Å². The number of carbonyl (C=O) groups is 1. The lowest BCUT2D eigenvalue weighted by atomic mass is 10.2. The maximum atomic E-state index is 12.5. The van der Waals surface area contributed by atoms with Crippen molar-refractivity contribution in [2.45, 2.75) is 11.5 Å². The Bertz CT molecular complexity index is 1140. The van der Waals surface area contributed by atoms with Crippen molar-refractivity contribution >= 4 is 27.5 Å². The zero-order chi connectivity index (χ0) is 21.4. The summed E-state index contributed by atoms with van der Waals surface area (Å²) in [6.07, 6.45) is 3.11. The molecule has 0 fully saturated rings. The summed E-state index contributed by atoms with van der Waals surface area (Å²) in [5, 5.41) is 2.76. The van der Waals surface area contributed by atoms with E-state index < -0.39 is 9.84 Å². The minimum atomic E-state index is -3.32. The first-order valence-electron chi connectivity index (χ1n) is 9.40. The lowest BCUT2D eigenvalue weighted by molar-refractivity contribution is -0.111. The van der Waals surface area contributed by atoms with Gasteiger partial charge in [0, 0.05) is 11.8 Å². The quantitative estimate of drug-likeness (QED) is 0.545. The fourth-order valence-electron chi connectivity index (χ4n) is 2.97. The van der Waals surface area contributed by atoms with E-state index in [0.717, 1.165) is 11.1 Å². The third-order valence-electron chi connectivity index (χ3n) is 4.33. The fraction of sp³-hybridized carbons (Fsp3) is 0.125. The fourth-order valence-corrected chi connectivity index (χ4v) is 4.46. The summed E-state index contributed by atoms with van der Waals surface area (Å²) in [6, 6.07) is 23.3. The monoisotopic (exact) mass is 421 g/mol. The Kier molecular flexibility index (Phi) is 7.03. The van der Waals surface area contributed by atoms with E-state index in [1.807, 2.05) is 42.5 Å². The van der Waals surface area contributed by atoms with Crippen LogP contribution < -0.4 is 10.1 Å². The number of ether oxygens (including phenoxy) is 1. The van der Waals surface area contributed by atoms with Crippen LogP contribution in [0.5, 0.6) is 5.75 Å². The minimum absolute atomic E-state index is 0.0201. The van der Waals surface area contributed by atoms with Crippen LogP contribution in [0.3, 0.4) is 0 Å². The van der Waals surface area contributed by atoms with Gasteiger partial charge < -0.3 is 10.1 Å². The zero-order valence-corrected chi connectivity index (χ0v) is 17.4. The lowest BCUT2D eigenvalue weighted by Crippen LogP contribution is -2.10. The van der Waals surface area contributed by atoms with Crippen LogP contribution >= 0.6 is 0 Å². The lowest BCUT2D eigenvalue weighted by Gasteiger charge is -2.08. The minimum Gasteiger partial charge on any atom is -0.497 e. The molecule has 30 heavy (non-hydrogen) atoms. The molecule has 3 rings (SSSR count). The Morgan fingerprint density at radius 2 is 1.60 bits per heavy atom. The van der Waals surface area contributed by atoms with Gasteiger partial charge in [0.05, 0.1) is 18.6 Å². The van der Waals surface area contributed by atoms with Crippen molar-refractivity contribution in [2.75, 3.05) is 12.4 Å². The average molecular weight is 422 g/mol. The Morgan fingerprint density at radius 1 is 0.900 bits per heavy atom. The van der Waals surface area contributed by atoms with E-state index in [1.165, 1.54) is 6.08 Å². The van der Waals surface area contributed by atoms with Crippen molar-refractivity contribution in [3.05, 3.63) is 102 Å². The van der Waals surface area contributed by atoms with Gasteiger partial charge in [-0.2, -0.15) is 0 Å². The van der Waals surface area contributed by atoms with Crippen molar-refractivity contribution in [2.24, 2.45) is 0 Å². The van der Waals surface area contributed by atoms with E-state index in [-0.39, 0.29) is 17.4 Å². The highest BCUT2D eigenvalue weighted by Gasteiger charge is 2.13. The van der Waals surface area contributed by atoms with Crippen LogP contribution in [0, 0.1) is 0 Å². The molecule has 1 amide bonds. The summed E-state index contributed by atoms with van der Waals surface area (Å²) in [4.78, 5) is 12.2. The summed E-state index contributed by atoms with van der Waals surface area (Å²) in [6.45, 7) is 0. The number of methoxy groups -OCH3 is 1. The Hall–Kier alpha value is -3.38. The molecule has 0 radical (unpaired) electrons. The number of hydrogen-bond acceptors (Lipinski definition) is 4. The molecule has 5 nitrogen and oxygen atoms in total. The standard InChI is InChI=1S/C24H23NO4S/c1-29-23-12-6-9-19(16-23)13-14-24(26)25-22-11-5-10-21(15-22)18-30(27,28)17-20-7-3-2-4-8-20/h2-16H,17-18H2,1H3,(H,25,26)/b14-13+. The first-order chi connectivity index (χ1) is 14.4. The molecular weight excluding hydrogens is 398 g/mol. The normalized spacial score (nSPS) is 11.4. The largest absolute Gasteiger partial charge is 0.497 e. The molecule has 0 spiro atoms. The SMILES string of the molecule is COc1cccc(/C=C/C(=O)Nc2cccc(CS(=O)(=O)Cc3ccccc3)c2)c1. The molecule has 3 aromatic carbocycles. The van der Waals surface area contributed by atoms with Gasteiger partial charge in [-0.1, -0.05) is 54.6 Å². The van der Waals surface area contributed by atoms with Gasteiger partial charge in [-0.15, -0.1) is 0 Å². The van der Waals surface area contributed by atoms with E-state index in [2.05, 4.69) is 5.32 Å². The van der Waals surface area contributed by atoms with Crippen LogP contribution in [0.2, 0.25) is 0 Å². The van der Waals surface area contributed by atoms with Gasteiger partial charge in [0.25, 0.3) is 0 Å². The first kappa shape index (κ1) is 21.3. The van der Waals surface area contributed by atoms with Crippen LogP contribution in [0.1, 0.15) is 16.7 Å². The number of rotatable bonds is 8. The molecule has 3 aromatic rings. The molecule has 1 N–H and O–H groups in total. The van der Waals surface area contributed by atoms with Crippen LogP contribution in [-0.4, -0.2) is 21.4 Å². The second-order valence-electron chi connectivity index (χ2n) is 6.82. The predicted octanol–water partition coefficient (Wildman–Crippen LogP) is 4.46. The van der Waals surface area contributed by atoms with E-state index in [1.54, 1.807) is 49.6 Å². The maximum Gasteiger partial charge on any atom is 0.248 e. The molecular formula is C24H23NO4S. The smallest absolute Gasteiger partial charge is 0.248 e. The van der Waals surface area contributed by atoms with Gasteiger partial charge in [-0.25, -0.2) is 8.42 Å². The number of nitrogens with one attached hydrogen (secondary N) is 1. The molecule has 0 aromatic heterocycles. The van der Waals surface area contributed by atoms with Gasteiger partial charge >= 0.3 is 0 Å². The average Bonchev–Trinajstić information content (AvgIpc) is 2.72. The Labute approximate surface area is 176 Å². The molecule has 0 saturated heterocycles. The molecule has 0 heterocycles. The molecule has 6 heteroatoms. The number of benzene rings is 3. The molecule has 0 saturated carbocycles. The van der Waals surface area contributed by atoms with Crippen molar-refractivity contribution in [1.82, 2.24) is 0 Å². The van der Waals surface area contributed by atoms with E-state index in [4.69, 9.17) is 4.74 Å².